The van der Waals surface area contributed by atoms with E-state index in [1.807, 2.05) is 6.07 Å². The van der Waals surface area contributed by atoms with Gasteiger partial charge in [0, 0.05) is 6.07 Å². The van der Waals surface area contributed by atoms with E-state index in [4.69, 9.17) is 14.2 Å². The number of ether oxygens (including phenoxy) is 3. The Morgan fingerprint density at radius 1 is 1.00 bits per heavy atom. The third-order valence-electron chi connectivity index (χ3n) is 3.14. The second-order valence-corrected chi connectivity index (χ2v) is 4.96. The molecule has 1 aliphatic heterocycles. The normalized spacial score (nSPS) is 17.3. The summed E-state index contributed by atoms with van der Waals surface area (Å²) < 4.78 is 16.9. The van der Waals surface area contributed by atoms with Gasteiger partial charge in [0.05, 0.1) is 19.8 Å². The lowest BCUT2D eigenvalue weighted by Crippen LogP contribution is -2.00. The van der Waals surface area contributed by atoms with Crippen molar-refractivity contribution in [2.24, 2.45) is 0 Å². The van der Waals surface area contributed by atoms with Crippen molar-refractivity contribution >= 4 is 0 Å². The number of hydrogen-bond donors (Lipinski definition) is 0. The van der Waals surface area contributed by atoms with Gasteiger partial charge in [-0.2, -0.15) is 0 Å². The highest BCUT2D eigenvalue weighted by Crippen LogP contribution is 2.35. The van der Waals surface area contributed by atoms with Gasteiger partial charge in [-0.15, -0.1) is 0 Å². The zero-order valence-electron chi connectivity index (χ0n) is 12.0. The lowest BCUT2D eigenvalue weighted by atomic mass is 10.1. The van der Waals surface area contributed by atoms with Crippen LogP contribution in [0, 0.1) is 0 Å². The summed E-state index contributed by atoms with van der Waals surface area (Å²) in [6, 6.07) is 6.12. The van der Waals surface area contributed by atoms with Crippen LogP contribution in [0.2, 0.25) is 0 Å². The van der Waals surface area contributed by atoms with E-state index in [1.54, 1.807) is 0 Å². The van der Waals surface area contributed by atoms with E-state index in [0.29, 0.717) is 0 Å². The number of hydrogen-bond acceptors (Lipinski definition) is 3. The fourth-order valence-corrected chi connectivity index (χ4v) is 1.86. The number of epoxide rings is 1. The van der Waals surface area contributed by atoms with Gasteiger partial charge in [0.1, 0.15) is 17.6 Å². The van der Waals surface area contributed by atoms with Gasteiger partial charge in [0.2, 0.25) is 0 Å². The highest BCUT2D eigenvalue weighted by atomic mass is 16.6. The van der Waals surface area contributed by atoms with Gasteiger partial charge in [-0.25, -0.2) is 0 Å². The minimum Gasteiger partial charge on any atom is -0.493 e. The summed E-state index contributed by atoms with van der Waals surface area (Å²) in [6.07, 6.45) is 4.69. The SMILES string of the molecule is CCCCOc1cc(OCCCC)cc(C2CO2)c1. The van der Waals surface area contributed by atoms with Crippen molar-refractivity contribution in [2.75, 3.05) is 19.8 Å². The summed E-state index contributed by atoms with van der Waals surface area (Å²) in [6.45, 7) is 6.67. The Morgan fingerprint density at radius 3 is 1.95 bits per heavy atom. The maximum atomic E-state index is 5.78. The fraction of sp³-hybridized carbons (Fsp3) is 0.625. The molecule has 3 nitrogen and oxygen atoms in total. The molecule has 1 aromatic carbocycles. The third kappa shape index (κ3) is 4.75. The molecule has 0 aromatic heterocycles. The highest BCUT2D eigenvalue weighted by molar-refractivity contribution is 5.40. The Balaban J connectivity index is 1.99. The van der Waals surface area contributed by atoms with E-state index < -0.39 is 0 Å². The average molecular weight is 264 g/mol. The molecule has 0 radical (unpaired) electrons. The molecule has 1 atom stereocenters. The molecule has 1 saturated heterocycles. The molecule has 0 amide bonds. The van der Waals surface area contributed by atoms with E-state index >= 15 is 0 Å². The lowest BCUT2D eigenvalue weighted by molar-refractivity contribution is 0.293. The topological polar surface area (TPSA) is 31.0 Å². The van der Waals surface area contributed by atoms with E-state index in [9.17, 15) is 0 Å². The maximum absolute atomic E-state index is 5.78. The highest BCUT2D eigenvalue weighted by Gasteiger charge is 2.26. The zero-order chi connectivity index (χ0) is 13.5. The van der Waals surface area contributed by atoms with Crippen LogP contribution in [0.4, 0.5) is 0 Å². The Hall–Kier alpha value is -1.22. The van der Waals surface area contributed by atoms with Crippen LogP contribution in [0.1, 0.15) is 51.2 Å². The summed E-state index contributed by atoms with van der Waals surface area (Å²) in [5, 5.41) is 0. The van der Waals surface area contributed by atoms with Crippen LogP contribution in [0.25, 0.3) is 0 Å². The predicted molar refractivity (Wildman–Crippen MR) is 75.9 cm³/mol. The van der Waals surface area contributed by atoms with E-state index in [2.05, 4.69) is 26.0 Å². The largest absolute Gasteiger partial charge is 0.493 e. The van der Waals surface area contributed by atoms with Gasteiger partial charge < -0.3 is 14.2 Å². The van der Waals surface area contributed by atoms with Crippen molar-refractivity contribution in [1.29, 1.82) is 0 Å². The smallest absolute Gasteiger partial charge is 0.123 e. The van der Waals surface area contributed by atoms with E-state index in [1.165, 1.54) is 5.56 Å². The molecule has 106 valence electrons. The van der Waals surface area contributed by atoms with Gasteiger partial charge in [-0.1, -0.05) is 26.7 Å². The molecule has 1 unspecified atom stereocenters. The minimum atomic E-state index is 0.239. The summed E-state index contributed by atoms with van der Waals surface area (Å²) in [4.78, 5) is 0. The Morgan fingerprint density at radius 2 is 1.53 bits per heavy atom. The van der Waals surface area contributed by atoms with Crippen molar-refractivity contribution in [3.05, 3.63) is 23.8 Å². The molecule has 0 bridgehead atoms. The molecule has 2 rings (SSSR count). The molecule has 1 heterocycles. The summed E-state index contributed by atoms with van der Waals surface area (Å²) >= 11 is 0. The molecular formula is C16H24O3. The van der Waals surface area contributed by atoms with E-state index in [0.717, 1.165) is 57.0 Å². The molecule has 19 heavy (non-hydrogen) atoms. The van der Waals surface area contributed by atoms with Crippen molar-refractivity contribution in [3.8, 4) is 11.5 Å². The Bertz CT molecular complexity index is 357. The van der Waals surface area contributed by atoms with Crippen molar-refractivity contribution < 1.29 is 14.2 Å². The first kappa shape index (κ1) is 14.2. The number of rotatable bonds is 9. The third-order valence-corrected chi connectivity index (χ3v) is 3.14. The van der Waals surface area contributed by atoms with Crippen molar-refractivity contribution in [3.63, 3.8) is 0 Å². The molecule has 0 spiro atoms. The molecule has 0 saturated carbocycles. The zero-order valence-corrected chi connectivity index (χ0v) is 12.0. The van der Waals surface area contributed by atoms with Crippen LogP contribution in [0.5, 0.6) is 11.5 Å². The molecule has 1 aromatic rings. The molecule has 3 heteroatoms. The van der Waals surface area contributed by atoms with E-state index in [-0.39, 0.29) is 6.10 Å². The van der Waals surface area contributed by atoms with Crippen LogP contribution in [0.15, 0.2) is 18.2 Å². The summed E-state index contributed by atoms with van der Waals surface area (Å²) in [7, 11) is 0. The summed E-state index contributed by atoms with van der Waals surface area (Å²) in [5.41, 5.74) is 1.17. The predicted octanol–water partition coefficient (Wildman–Crippen LogP) is 4.12. The molecule has 1 fully saturated rings. The van der Waals surface area contributed by atoms with Gasteiger partial charge in [0.15, 0.2) is 0 Å². The minimum absolute atomic E-state index is 0.239. The summed E-state index contributed by atoms with van der Waals surface area (Å²) in [5.74, 6) is 1.79. The first-order valence-electron chi connectivity index (χ1n) is 7.35. The van der Waals surface area contributed by atoms with Crippen LogP contribution in [-0.2, 0) is 4.74 Å². The van der Waals surface area contributed by atoms with Gasteiger partial charge in [0.25, 0.3) is 0 Å². The second kappa shape index (κ2) is 7.39. The standard InChI is InChI=1S/C16H24O3/c1-3-5-7-17-14-9-13(16-12-19-16)10-15(11-14)18-8-6-4-2/h9-11,16H,3-8,12H2,1-2H3. The lowest BCUT2D eigenvalue weighted by Gasteiger charge is -2.11. The molecule has 0 N–H and O–H groups in total. The first-order valence-corrected chi connectivity index (χ1v) is 7.35. The quantitative estimate of drug-likeness (QED) is 0.496. The van der Waals surface area contributed by atoms with Crippen molar-refractivity contribution in [1.82, 2.24) is 0 Å². The second-order valence-electron chi connectivity index (χ2n) is 4.96. The van der Waals surface area contributed by atoms with Gasteiger partial charge >= 0.3 is 0 Å². The molecule has 0 aliphatic carbocycles. The first-order chi connectivity index (χ1) is 9.33. The Kier molecular flexibility index (Phi) is 5.52. The Labute approximate surface area is 115 Å². The average Bonchev–Trinajstić information content (AvgIpc) is 3.24. The van der Waals surface area contributed by atoms with Crippen LogP contribution >= 0.6 is 0 Å². The number of unbranched alkanes of at least 4 members (excludes halogenated alkanes) is 2. The van der Waals surface area contributed by atoms with Gasteiger partial charge in [-0.3, -0.25) is 0 Å². The van der Waals surface area contributed by atoms with Crippen LogP contribution in [0.3, 0.4) is 0 Å². The van der Waals surface area contributed by atoms with Crippen molar-refractivity contribution in [2.45, 2.75) is 45.6 Å². The molecule has 1 aliphatic rings. The van der Waals surface area contributed by atoms with Crippen LogP contribution < -0.4 is 9.47 Å². The van der Waals surface area contributed by atoms with Gasteiger partial charge in [-0.05, 0) is 30.5 Å². The monoisotopic (exact) mass is 264 g/mol. The maximum Gasteiger partial charge on any atom is 0.123 e. The number of benzene rings is 1. The molecular weight excluding hydrogens is 240 g/mol. The fourth-order valence-electron chi connectivity index (χ4n) is 1.86. The van der Waals surface area contributed by atoms with Crippen LogP contribution in [-0.4, -0.2) is 19.8 Å².